The second-order valence-electron chi connectivity index (χ2n) is 4.75. The molecule has 1 aromatic heterocycles. The number of carbonyl (C=O) groups is 1. The maximum absolute atomic E-state index is 12.1. The van der Waals surface area contributed by atoms with E-state index < -0.39 is 0 Å². The Morgan fingerprint density at radius 1 is 1.35 bits per heavy atom. The molecule has 0 aliphatic rings. The highest BCUT2D eigenvalue weighted by Gasteiger charge is 2.07. The molecule has 3 nitrogen and oxygen atoms in total. The first-order chi connectivity index (χ1) is 9.56. The van der Waals surface area contributed by atoms with Gasteiger partial charge < -0.3 is 4.90 Å². The standard InChI is InChI=1S/C16H18N2OS/c1-12-6-4-5-7-14(12)10-18(3)16(19)9-8-15-11-20-13(2)17-15/h4-9,11H,10H2,1-3H3. The van der Waals surface area contributed by atoms with Crippen LogP contribution in [0.2, 0.25) is 0 Å². The lowest BCUT2D eigenvalue weighted by Crippen LogP contribution is -2.24. The number of thiazole rings is 1. The number of aromatic nitrogens is 1. The number of rotatable bonds is 4. The molecule has 1 heterocycles. The van der Waals surface area contributed by atoms with Crippen molar-refractivity contribution in [3.8, 4) is 0 Å². The molecule has 4 heteroatoms. The molecule has 1 amide bonds. The average Bonchev–Trinajstić information content (AvgIpc) is 2.84. The van der Waals surface area contributed by atoms with Crippen LogP contribution in [0.25, 0.3) is 6.08 Å². The minimum absolute atomic E-state index is 0.0149. The van der Waals surface area contributed by atoms with Gasteiger partial charge in [-0.05, 0) is 31.1 Å². The Labute approximate surface area is 123 Å². The molecule has 0 unspecified atom stereocenters. The van der Waals surface area contributed by atoms with Gasteiger partial charge in [0.05, 0.1) is 10.7 Å². The fraction of sp³-hybridized carbons (Fsp3) is 0.250. The van der Waals surface area contributed by atoms with Crippen molar-refractivity contribution in [3.05, 3.63) is 57.6 Å². The summed E-state index contributed by atoms with van der Waals surface area (Å²) in [5, 5.41) is 2.95. The van der Waals surface area contributed by atoms with E-state index >= 15 is 0 Å². The van der Waals surface area contributed by atoms with Gasteiger partial charge in [-0.3, -0.25) is 4.79 Å². The molecule has 1 aromatic carbocycles. The number of likely N-dealkylation sites (N-methyl/N-ethyl adjacent to an activating group) is 1. The summed E-state index contributed by atoms with van der Waals surface area (Å²) in [6.07, 6.45) is 3.34. The van der Waals surface area contributed by atoms with Gasteiger partial charge in [-0.1, -0.05) is 24.3 Å². The molecule has 2 rings (SSSR count). The number of aryl methyl sites for hydroxylation is 2. The van der Waals surface area contributed by atoms with E-state index in [1.54, 1.807) is 28.4 Å². The smallest absolute Gasteiger partial charge is 0.246 e. The van der Waals surface area contributed by atoms with E-state index in [2.05, 4.69) is 18.0 Å². The molecule has 0 N–H and O–H groups in total. The number of hydrogen-bond donors (Lipinski definition) is 0. The molecule has 0 fully saturated rings. The van der Waals surface area contributed by atoms with Crippen molar-refractivity contribution < 1.29 is 4.79 Å². The number of carbonyl (C=O) groups excluding carboxylic acids is 1. The first-order valence-electron chi connectivity index (χ1n) is 6.46. The number of hydrogen-bond acceptors (Lipinski definition) is 3. The van der Waals surface area contributed by atoms with Gasteiger partial charge in [-0.2, -0.15) is 0 Å². The molecule has 2 aromatic rings. The summed E-state index contributed by atoms with van der Waals surface area (Å²) in [6.45, 7) is 4.63. The van der Waals surface area contributed by atoms with Gasteiger partial charge in [0.25, 0.3) is 0 Å². The van der Waals surface area contributed by atoms with Crippen LogP contribution in [0.15, 0.2) is 35.7 Å². The lowest BCUT2D eigenvalue weighted by molar-refractivity contribution is -0.125. The van der Waals surface area contributed by atoms with E-state index in [-0.39, 0.29) is 5.91 Å². The van der Waals surface area contributed by atoms with Gasteiger partial charge in [0.1, 0.15) is 0 Å². The van der Waals surface area contributed by atoms with Gasteiger partial charge in [-0.25, -0.2) is 4.98 Å². The highest BCUT2D eigenvalue weighted by molar-refractivity contribution is 7.09. The molecule has 104 valence electrons. The Hall–Kier alpha value is -1.94. The second-order valence-corrected chi connectivity index (χ2v) is 5.81. The molecule has 0 bridgehead atoms. The number of amides is 1. The minimum atomic E-state index is -0.0149. The van der Waals surface area contributed by atoms with E-state index in [4.69, 9.17) is 0 Å². The minimum Gasteiger partial charge on any atom is -0.338 e. The normalized spacial score (nSPS) is 10.9. The Morgan fingerprint density at radius 2 is 2.10 bits per heavy atom. The molecule has 0 saturated heterocycles. The first-order valence-corrected chi connectivity index (χ1v) is 7.34. The zero-order chi connectivity index (χ0) is 14.5. The lowest BCUT2D eigenvalue weighted by Gasteiger charge is -2.16. The van der Waals surface area contributed by atoms with Gasteiger partial charge in [0, 0.05) is 25.0 Å². The monoisotopic (exact) mass is 286 g/mol. The summed E-state index contributed by atoms with van der Waals surface area (Å²) in [5.74, 6) is -0.0149. The number of nitrogens with zero attached hydrogens (tertiary/aromatic N) is 2. The van der Waals surface area contributed by atoms with Crippen LogP contribution in [-0.4, -0.2) is 22.8 Å². The second kappa shape index (κ2) is 6.48. The van der Waals surface area contributed by atoms with Crippen LogP contribution < -0.4 is 0 Å². The van der Waals surface area contributed by atoms with Crippen LogP contribution in [0.3, 0.4) is 0 Å². The quantitative estimate of drug-likeness (QED) is 0.807. The maximum Gasteiger partial charge on any atom is 0.246 e. The molecule has 0 aliphatic heterocycles. The van der Waals surface area contributed by atoms with Crippen molar-refractivity contribution in [3.63, 3.8) is 0 Å². The topological polar surface area (TPSA) is 33.2 Å². The SMILES string of the molecule is Cc1nc(C=CC(=O)N(C)Cc2ccccc2C)cs1. The molecule has 0 saturated carbocycles. The van der Waals surface area contributed by atoms with Crippen molar-refractivity contribution in [2.75, 3.05) is 7.05 Å². The maximum atomic E-state index is 12.1. The fourth-order valence-corrected chi connectivity index (χ4v) is 2.44. The third-order valence-corrected chi connectivity index (χ3v) is 3.87. The van der Waals surface area contributed by atoms with Gasteiger partial charge >= 0.3 is 0 Å². The molecule has 20 heavy (non-hydrogen) atoms. The van der Waals surface area contributed by atoms with E-state index in [9.17, 15) is 4.79 Å². The molecule has 0 radical (unpaired) electrons. The predicted molar refractivity (Wildman–Crippen MR) is 83.5 cm³/mol. The fourth-order valence-electron chi connectivity index (χ4n) is 1.86. The van der Waals surface area contributed by atoms with Crippen molar-refractivity contribution >= 4 is 23.3 Å². The van der Waals surface area contributed by atoms with Crippen molar-refractivity contribution in [2.45, 2.75) is 20.4 Å². The summed E-state index contributed by atoms with van der Waals surface area (Å²) in [5.41, 5.74) is 3.21. The lowest BCUT2D eigenvalue weighted by atomic mass is 10.1. The third-order valence-electron chi connectivity index (χ3n) is 3.08. The van der Waals surface area contributed by atoms with E-state index in [0.717, 1.165) is 10.7 Å². The highest BCUT2D eigenvalue weighted by Crippen LogP contribution is 2.11. The Balaban J connectivity index is 1.99. The summed E-state index contributed by atoms with van der Waals surface area (Å²) < 4.78 is 0. The van der Waals surface area contributed by atoms with Crippen molar-refractivity contribution in [2.24, 2.45) is 0 Å². The van der Waals surface area contributed by atoms with Crippen LogP contribution >= 0.6 is 11.3 Å². The highest BCUT2D eigenvalue weighted by atomic mass is 32.1. The summed E-state index contributed by atoms with van der Waals surface area (Å²) >= 11 is 1.58. The average molecular weight is 286 g/mol. The third kappa shape index (κ3) is 3.78. The molecule has 0 spiro atoms. The predicted octanol–water partition coefficient (Wildman–Crippen LogP) is 3.43. The van der Waals surface area contributed by atoms with Crippen LogP contribution in [0.5, 0.6) is 0 Å². The zero-order valence-corrected chi connectivity index (χ0v) is 12.8. The van der Waals surface area contributed by atoms with Crippen molar-refractivity contribution in [1.29, 1.82) is 0 Å². The van der Waals surface area contributed by atoms with Crippen LogP contribution in [0, 0.1) is 13.8 Å². The van der Waals surface area contributed by atoms with Crippen LogP contribution in [0.4, 0.5) is 0 Å². The van der Waals surface area contributed by atoms with E-state index in [0.29, 0.717) is 6.54 Å². The first kappa shape index (κ1) is 14.5. The largest absolute Gasteiger partial charge is 0.338 e. The Kier molecular flexibility index (Phi) is 4.69. The van der Waals surface area contributed by atoms with Gasteiger partial charge in [0.15, 0.2) is 0 Å². The van der Waals surface area contributed by atoms with Crippen LogP contribution in [-0.2, 0) is 11.3 Å². The van der Waals surface area contributed by atoms with E-state index in [1.165, 1.54) is 11.1 Å². The molecular weight excluding hydrogens is 268 g/mol. The summed E-state index contributed by atoms with van der Waals surface area (Å²) in [4.78, 5) is 18.1. The Morgan fingerprint density at radius 3 is 2.75 bits per heavy atom. The van der Waals surface area contributed by atoms with Gasteiger partial charge in [0.2, 0.25) is 5.91 Å². The summed E-state index contributed by atoms with van der Waals surface area (Å²) in [6, 6.07) is 8.10. The molecule has 0 aliphatic carbocycles. The van der Waals surface area contributed by atoms with E-state index in [1.807, 2.05) is 37.6 Å². The number of benzene rings is 1. The molecular formula is C16H18N2OS. The molecule has 0 atom stereocenters. The summed E-state index contributed by atoms with van der Waals surface area (Å²) in [7, 11) is 1.81. The zero-order valence-electron chi connectivity index (χ0n) is 12.0. The Bertz CT molecular complexity index is 631. The van der Waals surface area contributed by atoms with Crippen molar-refractivity contribution in [1.82, 2.24) is 9.88 Å². The van der Waals surface area contributed by atoms with Gasteiger partial charge in [-0.15, -0.1) is 11.3 Å². The van der Waals surface area contributed by atoms with Crippen LogP contribution in [0.1, 0.15) is 21.8 Å².